The third-order valence-electron chi connectivity index (χ3n) is 4.21. The summed E-state index contributed by atoms with van der Waals surface area (Å²) in [6, 6.07) is 1.97. The van der Waals surface area contributed by atoms with Crippen molar-refractivity contribution >= 4 is 0 Å². The summed E-state index contributed by atoms with van der Waals surface area (Å²) in [7, 11) is 0. The van der Waals surface area contributed by atoms with Crippen molar-refractivity contribution in [3.05, 3.63) is 0 Å². The van der Waals surface area contributed by atoms with E-state index in [2.05, 4.69) is 29.4 Å². The summed E-state index contributed by atoms with van der Waals surface area (Å²) in [4.78, 5) is 2.61. The van der Waals surface area contributed by atoms with Crippen LogP contribution in [0.15, 0.2) is 0 Å². The standard InChI is InChI=1S/C14H29N3O/c1-12(16-14-3-9-18-10-4-14)11-13(2)17-7-5-15-6-8-17/h12-16H,3-11H2,1-2H3. The average Bonchev–Trinajstić information content (AvgIpc) is 2.40. The molecule has 2 N–H and O–H groups in total. The maximum Gasteiger partial charge on any atom is 0.0480 e. The minimum absolute atomic E-state index is 0.609. The van der Waals surface area contributed by atoms with Crippen LogP contribution in [-0.4, -0.2) is 62.4 Å². The molecule has 2 unspecified atom stereocenters. The summed E-state index contributed by atoms with van der Waals surface area (Å²) in [5.41, 5.74) is 0. The van der Waals surface area contributed by atoms with Gasteiger partial charge in [0.25, 0.3) is 0 Å². The van der Waals surface area contributed by atoms with Crippen LogP contribution in [0.25, 0.3) is 0 Å². The Labute approximate surface area is 111 Å². The lowest BCUT2D eigenvalue weighted by Crippen LogP contribution is -2.50. The second-order valence-corrected chi connectivity index (χ2v) is 5.83. The molecule has 106 valence electrons. The van der Waals surface area contributed by atoms with E-state index >= 15 is 0 Å². The van der Waals surface area contributed by atoms with E-state index in [0.29, 0.717) is 18.1 Å². The van der Waals surface area contributed by atoms with Crippen LogP contribution in [-0.2, 0) is 4.74 Å². The minimum Gasteiger partial charge on any atom is -0.381 e. The zero-order chi connectivity index (χ0) is 12.8. The molecule has 0 aromatic heterocycles. The molecule has 4 heteroatoms. The van der Waals surface area contributed by atoms with Crippen LogP contribution < -0.4 is 10.6 Å². The number of piperazine rings is 1. The molecule has 0 aromatic carbocycles. The molecule has 2 saturated heterocycles. The quantitative estimate of drug-likeness (QED) is 0.763. The highest BCUT2D eigenvalue weighted by molar-refractivity contribution is 4.80. The Hall–Kier alpha value is -0.160. The van der Waals surface area contributed by atoms with E-state index in [1.54, 1.807) is 0 Å². The molecule has 0 radical (unpaired) electrons. The van der Waals surface area contributed by atoms with Crippen molar-refractivity contribution in [2.24, 2.45) is 0 Å². The van der Waals surface area contributed by atoms with E-state index in [-0.39, 0.29) is 0 Å². The van der Waals surface area contributed by atoms with E-state index in [1.807, 2.05) is 0 Å². The summed E-state index contributed by atoms with van der Waals surface area (Å²) in [6.07, 6.45) is 3.59. The van der Waals surface area contributed by atoms with Gasteiger partial charge in [0.2, 0.25) is 0 Å². The first-order valence-corrected chi connectivity index (χ1v) is 7.54. The number of rotatable bonds is 5. The summed E-state index contributed by atoms with van der Waals surface area (Å²) in [5.74, 6) is 0. The summed E-state index contributed by atoms with van der Waals surface area (Å²) >= 11 is 0. The fourth-order valence-electron chi connectivity index (χ4n) is 3.12. The normalized spacial score (nSPS) is 27.0. The third kappa shape index (κ3) is 4.50. The Morgan fingerprint density at radius 2 is 1.89 bits per heavy atom. The molecule has 2 heterocycles. The van der Waals surface area contributed by atoms with Gasteiger partial charge in [-0.3, -0.25) is 4.90 Å². The summed E-state index contributed by atoms with van der Waals surface area (Å²) in [6.45, 7) is 11.2. The molecule has 0 saturated carbocycles. The van der Waals surface area contributed by atoms with Gasteiger partial charge in [0.15, 0.2) is 0 Å². The Balaban J connectivity index is 1.67. The zero-order valence-electron chi connectivity index (χ0n) is 12.0. The van der Waals surface area contributed by atoms with Crippen molar-refractivity contribution in [3.63, 3.8) is 0 Å². The van der Waals surface area contributed by atoms with Gasteiger partial charge < -0.3 is 15.4 Å². The number of hydrogen-bond donors (Lipinski definition) is 2. The lowest BCUT2D eigenvalue weighted by atomic mass is 10.0. The van der Waals surface area contributed by atoms with Crippen LogP contribution in [0, 0.1) is 0 Å². The van der Waals surface area contributed by atoms with Crippen molar-refractivity contribution in [1.29, 1.82) is 0 Å². The molecule has 0 aliphatic carbocycles. The van der Waals surface area contributed by atoms with Gasteiger partial charge in [-0.2, -0.15) is 0 Å². The SMILES string of the molecule is CC(CC(C)N1CCNCC1)NC1CCOCC1. The number of hydrogen-bond acceptors (Lipinski definition) is 4. The van der Waals surface area contributed by atoms with Crippen LogP contribution in [0.3, 0.4) is 0 Å². The highest BCUT2D eigenvalue weighted by Crippen LogP contribution is 2.11. The van der Waals surface area contributed by atoms with Crippen LogP contribution in [0.1, 0.15) is 33.1 Å². The van der Waals surface area contributed by atoms with Gasteiger partial charge in [-0.15, -0.1) is 0 Å². The maximum atomic E-state index is 5.40. The average molecular weight is 255 g/mol. The Morgan fingerprint density at radius 1 is 1.22 bits per heavy atom. The second kappa shape index (κ2) is 7.43. The van der Waals surface area contributed by atoms with Gasteiger partial charge in [-0.1, -0.05) is 0 Å². The van der Waals surface area contributed by atoms with Gasteiger partial charge in [0, 0.05) is 57.5 Å². The van der Waals surface area contributed by atoms with Gasteiger partial charge in [-0.25, -0.2) is 0 Å². The first kappa shape index (κ1) is 14.3. The van der Waals surface area contributed by atoms with Crippen LogP contribution in [0.4, 0.5) is 0 Å². The minimum atomic E-state index is 0.609. The van der Waals surface area contributed by atoms with Gasteiger partial charge in [0.1, 0.15) is 0 Å². The fourth-order valence-corrected chi connectivity index (χ4v) is 3.12. The highest BCUT2D eigenvalue weighted by atomic mass is 16.5. The lowest BCUT2D eigenvalue weighted by molar-refractivity contribution is 0.0733. The topological polar surface area (TPSA) is 36.5 Å². The molecule has 4 nitrogen and oxygen atoms in total. The molecular formula is C14H29N3O. The molecule has 2 fully saturated rings. The molecule has 2 aliphatic rings. The van der Waals surface area contributed by atoms with Crippen molar-refractivity contribution < 1.29 is 4.74 Å². The lowest BCUT2D eigenvalue weighted by Gasteiger charge is -2.35. The highest BCUT2D eigenvalue weighted by Gasteiger charge is 2.21. The molecule has 18 heavy (non-hydrogen) atoms. The van der Waals surface area contributed by atoms with E-state index in [1.165, 1.54) is 32.4 Å². The molecule has 2 atom stereocenters. The predicted octanol–water partition coefficient (Wildman–Crippen LogP) is 0.827. The molecular weight excluding hydrogens is 226 g/mol. The number of ether oxygens (including phenoxy) is 1. The molecule has 2 rings (SSSR count). The zero-order valence-corrected chi connectivity index (χ0v) is 12.0. The molecule has 0 bridgehead atoms. The first-order valence-electron chi connectivity index (χ1n) is 7.54. The Kier molecular flexibility index (Phi) is 5.89. The number of nitrogens with one attached hydrogen (secondary N) is 2. The van der Waals surface area contributed by atoms with Gasteiger partial charge in [0.05, 0.1) is 0 Å². The largest absolute Gasteiger partial charge is 0.381 e. The van der Waals surface area contributed by atoms with E-state index in [4.69, 9.17) is 4.74 Å². The second-order valence-electron chi connectivity index (χ2n) is 5.83. The Morgan fingerprint density at radius 3 is 2.56 bits per heavy atom. The van der Waals surface area contributed by atoms with Crippen LogP contribution in [0.5, 0.6) is 0 Å². The van der Waals surface area contributed by atoms with E-state index < -0.39 is 0 Å². The number of nitrogens with zero attached hydrogens (tertiary/aromatic N) is 1. The van der Waals surface area contributed by atoms with Crippen LogP contribution in [0.2, 0.25) is 0 Å². The third-order valence-corrected chi connectivity index (χ3v) is 4.21. The predicted molar refractivity (Wildman–Crippen MR) is 75.0 cm³/mol. The molecule has 0 aromatic rings. The van der Waals surface area contributed by atoms with Crippen LogP contribution >= 0.6 is 0 Å². The summed E-state index contributed by atoms with van der Waals surface area (Å²) in [5, 5.41) is 7.18. The first-order chi connectivity index (χ1) is 8.75. The molecule has 0 amide bonds. The van der Waals surface area contributed by atoms with Crippen molar-refractivity contribution in [3.8, 4) is 0 Å². The molecule has 2 aliphatic heterocycles. The maximum absolute atomic E-state index is 5.40. The van der Waals surface area contributed by atoms with Crippen molar-refractivity contribution in [2.75, 3.05) is 39.4 Å². The van der Waals surface area contributed by atoms with E-state index in [9.17, 15) is 0 Å². The Bertz CT molecular complexity index is 225. The van der Waals surface area contributed by atoms with Crippen molar-refractivity contribution in [1.82, 2.24) is 15.5 Å². The van der Waals surface area contributed by atoms with Gasteiger partial charge in [-0.05, 0) is 33.1 Å². The smallest absolute Gasteiger partial charge is 0.0480 e. The fraction of sp³-hybridized carbons (Fsp3) is 1.00. The molecule has 0 spiro atoms. The summed E-state index contributed by atoms with van der Waals surface area (Å²) < 4.78 is 5.40. The monoisotopic (exact) mass is 255 g/mol. The van der Waals surface area contributed by atoms with E-state index in [0.717, 1.165) is 26.3 Å². The van der Waals surface area contributed by atoms with Gasteiger partial charge >= 0.3 is 0 Å². The van der Waals surface area contributed by atoms with Crippen molar-refractivity contribution in [2.45, 2.75) is 51.2 Å².